The second-order valence-electron chi connectivity index (χ2n) is 3.71. The second kappa shape index (κ2) is 4.95. The van der Waals surface area contributed by atoms with Crippen LogP contribution in [0.2, 0.25) is 10.0 Å². The summed E-state index contributed by atoms with van der Waals surface area (Å²) in [6.45, 7) is 0. The molecule has 0 bridgehead atoms. The summed E-state index contributed by atoms with van der Waals surface area (Å²) in [5, 5.41) is 18.9. The first-order chi connectivity index (χ1) is 8.88. The molecule has 0 atom stereocenters. The van der Waals surface area contributed by atoms with E-state index in [1.54, 1.807) is 0 Å². The first-order valence-corrected chi connectivity index (χ1v) is 5.80. The van der Waals surface area contributed by atoms with Gasteiger partial charge in [-0.2, -0.15) is 0 Å². The number of benzene rings is 1. The molecule has 19 heavy (non-hydrogen) atoms. The summed E-state index contributed by atoms with van der Waals surface area (Å²) in [5.41, 5.74) is -0.876. The molecule has 0 aliphatic carbocycles. The average Bonchev–Trinajstić information content (AvgIpc) is 2.25. The molecule has 0 amide bonds. The highest BCUT2D eigenvalue weighted by Crippen LogP contribution is 2.22. The number of carboxylic acids is 1. The maximum absolute atomic E-state index is 11.8. The average molecular weight is 300 g/mol. The summed E-state index contributed by atoms with van der Waals surface area (Å²) in [4.78, 5) is 23.0. The third-order valence-electron chi connectivity index (χ3n) is 2.34. The number of carbonyl (C=O) groups is 1. The van der Waals surface area contributed by atoms with Gasteiger partial charge < -0.3 is 10.2 Å². The van der Waals surface area contributed by atoms with Gasteiger partial charge in [0.05, 0.1) is 5.69 Å². The minimum absolute atomic E-state index is 0.208. The molecular formula is C12H7Cl2NO4. The SMILES string of the molecule is O=C(O)c1cc(O)cc(=O)n1-c1cc(Cl)cc(Cl)c1. The second-order valence-corrected chi connectivity index (χ2v) is 4.58. The smallest absolute Gasteiger partial charge is 0.353 e. The van der Waals surface area contributed by atoms with E-state index < -0.39 is 17.3 Å². The predicted molar refractivity (Wildman–Crippen MR) is 70.7 cm³/mol. The quantitative estimate of drug-likeness (QED) is 0.893. The van der Waals surface area contributed by atoms with Crippen LogP contribution in [-0.2, 0) is 0 Å². The van der Waals surface area contributed by atoms with Gasteiger partial charge in [-0.3, -0.25) is 9.36 Å². The van der Waals surface area contributed by atoms with Crippen LogP contribution in [0.4, 0.5) is 0 Å². The van der Waals surface area contributed by atoms with Gasteiger partial charge in [0.15, 0.2) is 0 Å². The van der Waals surface area contributed by atoms with Gasteiger partial charge in [-0.05, 0) is 18.2 Å². The molecule has 0 saturated heterocycles. The van der Waals surface area contributed by atoms with Crippen molar-refractivity contribution >= 4 is 29.2 Å². The molecule has 0 fully saturated rings. The lowest BCUT2D eigenvalue weighted by molar-refractivity contribution is 0.0686. The Hall–Kier alpha value is -1.98. The molecule has 2 N–H and O–H groups in total. The van der Waals surface area contributed by atoms with Gasteiger partial charge in [0.2, 0.25) is 0 Å². The number of aromatic carboxylic acids is 1. The van der Waals surface area contributed by atoms with Gasteiger partial charge in [-0.1, -0.05) is 23.2 Å². The van der Waals surface area contributed by atoms with Crippen molar-refractivity contribution < 1.29 is 15.0 Å². The summed E-state index contributed by atoms with van der Waals surface area (Å²) in [5.74, 6) is -1.78. The van der Waals surface area contributed by atoms with Gasteiger partial charge in [0.1, 0.15) is 11.4 Å². The maximum Gasteiger partial charge on any atom is 0.353 e. The van der Waals surface area contributed by atoms with E-state index in [-0.39, 0.29) is 21.4 Å². The Balaban J connectivity index is 2.81. The molecule has 7 heteroatoms. The molecule has 0 radical (unpaired) electrons. The van der Waals surface area contributed by atoms with Crippen LogP contribution >= 0.6 is 23.2 Å². The Morgan fingerprint density at radius 2 is 1.63 bits per heavy atom. The highest BCUT2D eigenvalue weighted by atomic mass is 35.5. The van der Waals surface area contributed by atoms with Crippen LogP contribution in [0.1, 0.15) is 10.5 Å². The molecule has 1 aromatic heterocycles. The molecule has 0 aliphatic rings. The van der Waals surface area contributed by atoms with E-state index in [2.05, 4.69) is 0 Å². The molecule has 5 nitrogen and oxygen atoms in total. The molecule has 0 aliphatic heterocycles. The van der Waals surface area contributed by atoms with Crippen LogP contribution in [0.25, 0.3) is 5.69 Å². The summed E-state index contributed by atoms with van der Waals surface area (Å²) in [7, 11) is 0. The fraction of sp³-hybridized carbons (Fsp3) is 0. The Morgan fingerprint density at radius 1 is 1.05 bits per heavy atom. The first kappa shape index (κ1) is 13.5. The number of pyridine rings is 1. The number of hydrogen-bond acceptors (Lipinski definition) is 3. The lowest BCUT2D eigenvalue weighted by atomic mass is 10.2. The van der Waals surface area contributed by atoms with Crippen LogP contribution in [0.5, 0.6) is 5.75 Å². The molecular weight excluding hydrogens is 293 g/mol. The van der Waals surface area contributed by atoms with E-state index in [0.29, 0.717) is 0 Å². The Bertz CT molecular complexity index is 704. The zero-order valence-electron chi connectivity index (χ0n) is 9.30. The normalized spacial score (nSPS) is 10.4. The van der Waals surface area contributed by atoms with Crippen LogP contribution in [-0.4, -0.2) is 20.7 Å². The number of aromatic nitrogens is 1. The number of aromatic hydroxyl groups is 1. The van der Waals surface area contributed by atoms with E-state index in [9.17, 15) is 14.7 Å². The minimum atomic E-state index is -1.36. The standard InChI is InChI=1S/C12H7Cl2NO4/c13-6-1-7(14)3-8(2-6)15-10(12(18)19)4-9(16)5-11(15)17/h1-5,16H,(H,18,19). The number of carboxylic acid groups (broad SMARTS) is 1. The van der Waals surface area contributed by atoms with E-state index in [0.717, 1.165) is 16.7 Å². The predicted octanol–water partition coefficient (Wildman–Crippen LogP) is 2.55. The molecule has 0 spiro atoms. The Kier molecular flexibility index (Phi) is 3.50. The van der Waals surface area contributed by atoms with Crippen molar-refractivity contribution in [2.45, 2.75) is 0 Å². The van der Waals surface area contributed by atoms with Crippen molar-refractivity contribution in [1.29, 1.82) is 0 Å². The van der Waals surface area contributed by atoms with Gasteiger partial charge in [-0.25, -0.2) is 4.79 Å². The van der Waals surface area contributed by atoms with E-state index in [4.69, 9.17) is 28.3 Å². The third kappa shape index (κ3) is 2.72. The lowest BCUT2D eigenvalue weighted by Crippen LogP contribution is -2.23. The van der Waals surface area contributed by atoms with Crippen molar-refractivity contribution in [2.24, 2.45) is 0 Å². The van der Waals surface area contributed by atoms with Gasteiger partial charge in [0.25, 0.3) is 5.56 Å². The summed E-state index contributed by atoms with van der Waals surface area (Å²) in [6, 6.07) is 6.13. The van der Waals surface area contributed by atoms with Crippen LogP contribution in [0, 0.1) is 0 Å². The lowest BCUT2D eigenvalue weighted by Gasteiger charge is -2.11. The molecule has 2 aromatic rings. The number of halogens is 2. The molecule has 1 heterocycles. The molecule has 0 saturated carbocycles. The highest BCUT2D eigenvalue weighted by Gasteiger charge is 2.15. The molecule has 0 unspecified atom stereocenters. The van der Waals surface area contributed by atoms with Crippen molar-refractivity contribution in [3.8, 4) is 11.4 Å². The monoisotopic (exact) mass is 299 g/mol. The molecule has 98 valence electrons. The molecule has 1 aromatic carbocycles. The van der Waals surface area contributed by atoms with E-state index >= 15 is 0 Å². The summed E-state index contributed by atoms with van der Waals surface area (Å²) >= 11 is 11.6. The third-order valence-corrected chi connectivity index (χ3v) is 2.78. The van der Waals surface area contributed by atoms with Crippen molar-refractivity contribution in [3.63, 3.8) is 0 Å². The fourth-order valence-electron chi connectivity index (χ4n) is 1.65. The van der Waals surface area contributed by atoms with E-state index in [1.165, 1.54) is 18.2 Å². The van der Waals surface area contributed by atoms with Crippen LogP contribution in [0.15, 0.2) is 35.1 Å². The zero-order valence-corrected chi connectivity index (χ0v) is 10.8. The fourth-order valence-corrected chi connectivity index (χ4v) is 2.16. The van der Waals surface area contributed by atoms with Crippen molar-refractivity contribution in [1.82, 2.24) is 4.57 Å². The zero-order chi connectivity index (χ0) is 14.2. The first-order valence-electron chi connectivity index (χ1n) is 5.04. The van der Waals surface area contributed by atoms with Crippen LogP contribution < -0.4 is 5.56 Å². The topological polar surface area (TPSA) is 79.5 Å². The van der Waals surface area contributed by atoms with Gasteiger partial charge in [-0.15, -0.1) is 0 Å². The minimum Gasteiger partial charge on any atom is -0.508 e. The van der Waals surface area contributed by atoms with Crippen molar-refractivity contribution in [2.75, 3.05) is 0 Å². The Labute approximate surface area is 117 Å². The maximum atomic E-state index is 11.8. The largest absolute Gasteiger partial charge is 0.508 e. The van der Waals surface area contributed by atoms with Crippen molar-refractivity contribution in [3.05, 3.63) is 56.4 Å². The molecule has 2 rings (SSSR count). The summed E-state index contributed by atoms with van der Waals surface area (Å²) < 4.78 is 0.903. The van der Waals surface area contributed by atoms with Gasteiger partial charge >= 0.3 is 5.97 Å². The number of hydrogen-bond donors (Lipinski definition) is 2. The van der Waals surface area contributed by atoms with Crippen LogP contribution in [0.3, 0.4) is 0 Å². The van der Waals surface area contributed by atoms with E-state index in [1.807, 2.05) is 0 Å². The van der Waals surface area contributed by atoms with Gasteiger partial charge in [0, 0.05) is 22.2 Å². The number of nitrogens with zero attached hydrogens (tertiary/aromatic N) is 1. The number of rotatable bonds is 2. The Morgan fingerprint density at radius 3 is 2.16 bits per heavy atom. The summed E-state index contributed by atoms with van der Waals surface area (Å²) in [6.07, 6.45) is 0. The highest BCUT2D eigenvalue weighted by molar-refractivity contribution is 6.34.